The van der Waals surface area contributed by atoms with Crippen molar-refractivity contribution in [2.24, 2.45) is 16.3 Å². The maximum Gasteiger partial charge on any atom is 0.238 e. The van der Waals surface area contributed by atoms with E-state index >= 15 is 0 Å². The Bertz CT molecular complexity index is 524. The van der Waals surface area contributed by atoms with Crippen molar-refractivity contribution in [3.8, 4) is 0 Å². The minimum Gasteiger partial charge on any atom is -0.409 e. The molecule has 1 aliphatic carbocycles. The van der Waals surface area contributed by atoms with E-state index in [0.29, 0.717) is 23.6 Å². The summed E-state index contributed by atoms with van der Waals surface area (Å²) in [6, 6.07) is 5.26. The van der Waals surface area contributed by atoms with Crippen molar-refractivity contribution in [1.29, 1.82) is 0 Å². The monoisotopic (exact) mass is 267 g/mol. The maximum absolute atomic E-state index is 12.1. The molecule has 0 radical (unpaired) electrons. The number of nitrogens with one attached hydrogen (secondary N) is 1. The predicted octanol–water partition coefficient (Wildman–Crippen LogP) is 2.11. The predicted molar refractivity (Wildman–Crippen MR) is 69.9 cm³/mol. The smallest absolute Gasteiger partial charge is 0.238 e. The van der Waals surface area contributed by atoms with Gasteiger partial charge in [-0.2, -0.15) is 0 Å². The summed E-state index contributed by atoms with van der Waals surface area (Å²) in [6.45, 7) is 1.88. The number of hydrogen-bond donors (Lipinski definition) is 3. The molecule has 96 valence electrons. The molecule has 1 saturated carbocycles. The minimum absolute atomic E-state index is 0.0433. The normalized spacial score (nSPS) is 17.3. The molecule has 2 rings (SSSR count). The SMILES string of the molecule is Cc1ccc(NC(=O)C2(/C(N)=N/O)CC2)cc1Cl. The summed E-state index contributed by atoms with van der Waals surface area (Å²) in [6.07, 6.45) is 1.18. The minimum atomic E-state index is -0.855. The lowest BCUT2D eigenvalue weighted by Gasteiger charge is -2.14. The molecular weight excluding hydrogens is 254 g/mol. The summed E-state index contributed by atoms with van der Waals surface area (Å²) in [5.74, 6) is -0.309. The number of nitrogens with two attached hydrogens (primary N) is 1. The van der Waals surface area contributed by atoms with Gasteiger partial charge in [0.2, 0.25) is 5.91 Å². The lowest BCUT2D eigenvalue weighted by Crippen LogP contribution is -2.36. The van der Waals surface area contributed by atoms with E-state index in [1.165, 1.54) is 0 Å². The average Bonchev–Trinajstić information content (AvgIpc) is 3.14. The largest absolute Gasteiger partial charge is 0.409 e. The number of nitrogens with zero attached hydrogens (tertiary/aromatic N) is 1. The van der Waals surface area contributed by atoms with Crippen LogP contribution in [0.2, 0.25) is 5.02 Å². The molecule has 0 saturated heterocycles. The Hall–Kier alpha value is -1.75. The lowest BCUT2D eigenvalue weighted by molar-refractivity contribution is -0.119. The zero-order valence-corrected chi connectivity index (χ0v) is 10.7. The third-order valence-electron chi connectivity index (χ3n) is 3.21. The Morgan fingerprint density at radius 2 is 2.22 bits per heavy atom. The van der Waals surface area contributed by atoms with Crippen molar-refractivity contribution in [3.63, 3.8) is 0 Å². The Morgan fingerprint density at radius 3 is 2.72 bits per heavy atom. The third-order valence-corrected chi connectivity index (χ3v) is 3.62. The number of amidine groups is 1. The standard InChI is InChI=1S/C12H14ClN3O2/c1-7-2-3-8(6-9(7)13)15-11(17)12(4-5-12)10(14)16-18/h2-3,6,18H,4-5H2,1H3,(H2,14,16)(H,15,17). The van der Waals surface area contributed by atoms with Gasteiger partial charge < -0.3 is 16.3 Å². The van der Waals surface area contributed by atoms with Crippen molar-refractivity contribution in [1.82, 2.24) is 0 Å². The highest BCUT2D eigenvalue weighted by molar-refractivity contribution is 6.31. The van der Waals surface area contributed by atoms with Crippen molar-refractivity contribution in [2.45, 2.75) is 19.8 Å². The quantitative estimate of drug-likeness (QED) is 0.339. The van der Waals surface area contributed by atoms with Crippen molar-refractivity contribution >= 4 is 29.0 Å². The van der Waals surface area contributed by atoms with Crippen LogP contribution in [0.15, 0.2) is 23.4 Å². The van der Waals surface area contributed by atoms with Crippen LogP contribution in [0.1, 0.15) is 18.4 Å². The first kappa shape index (κ1) is 12.7. The van der Waals surface area contributed by atoms with Gasteiger partial charge in [-0.1, -0.05) is 22.8 Å². The zero-order chi connectivity index (χ0) is 13.3. The third kappa shape index (κ3) is 2.13. The summed E-state index contributed by atoms with van der Waals surface area (Å²) in [7, 11) is 0. The number of benzene rings is 1. The molecular formula is C12H14ClN3O2. The van der Waals surface area contributed by atoms with Gasteiger partial charge in [-0.3, -0.25) is 4.79 Å². The molecule has 0 unspecified atom stereocenters. The fourth-order valence-corrected chi connectivity index (χ4v) is 1.92. The van der Waals surface area contributed by atoms with Crippen molar-refractivity contribution in [3.05, 3.63) is 28.8 Å². The van der Waals surface area contributed by atoms with Gasteiger partial charge in [0.15, 0.2) is 5.84 Å². The number of rotatable bonds is 3. The first-order valence-electron chi connectivity index (χ1n) is 5.55. The highest BCUT2D eigenvalue weighted by Gasteiger charge is 2.54. The fourth-order valence-electron chi connectivity index (χ4n) is 1.74. The molecule has 4 N–H and O–H groups in total. The van der Waals surface area contributed by atoms with Crippen LogP contribution in [0, 0.1) is 12.3 Å². The molecule has 0 aromatic heterocycles. The van der Waals surface area contributed by atoms with E-state index in [4.69, 9.17) is 22.5 Å². The maximum atomic E-state index is 12.1. The number of carbonyl (C=O) groups excluding carboxylic acids is 1. The first-order valence-corrected chi connectivity index (χ1v) is 5.93. The molecule has 18 heavy (non-hydrogen) atoms. The number of halogens is 1. The lowest BCUT2D eigenvalue weighted by atomic mass is 10.1. The molecule has 1 fully saturated rings. The van der Waals surface area contributed by atoms with Gasteiger partial charge in [-0.05, 0) is 37.5 Å². The van der Waals surface area contributed by atoms with Gasteiger partial charge in [-0.15, -0.1) is 0 Å². The average molecular weight is 268 g/mol. The molecule has 0 spiro atoms. The van der Waals surface area contributed by atoms with E-state index in [1.807, 2.05) is 13.0 Å². The van der Waals surface area contributed by atoms with Gasteiger partial charge in [0, 0.05) is 10.7 Å². The van der Waals surface area contributed by atoms with Crippen molar-refractivity contribution < 1.29 is 10.0 Å². The van der Waals surface area contributed by atoms with Crippen LogP contribution in [-0.4, -0.2) is 17.0 Å². The molecule has 0 atom stereocenters. The van der Waals surface area contributed by atoms with Crippen molar-refractivity contribution in [2.75, 3.05) is 5.32 Å². The van der Waals surface area contributed by atoms with Gasteiger partial charge in [-0.25, -0.2) is 0 Å². The second-order valence-corrected chi connectivity index (χ2v) is 4.89. The summed E-state index contributed by atoms with van der Waals surface area (Å²) in [5.41, 5.74) is 6.22. The van der Waals surface area contributed by atoms with E-state index < -0.39 is 5.41 Å². The van der Waals surface area contributed by atoms with E-state index in [0.717, 1.165) is 5.56 Å². The van der Waals surface area contributed by atoms with Gasteiger partial charge in [0.1, 0.15) is 5.41 Å². The number of oxime groups is 1. The summed E-state index contributed by atoms with van der Waals surface area (Å²) in [4.78, 5) is 12.1. The van der Waals surface area contributed by atoms with Gasteiger partial charge >= 0.3 is 0 Å². The number of anilines is 1. The van der Waals surface area contributed by atoms with Crippen LogP contribution >= 0.6 is 11.6 Å². The molecule has 1 aromatic rings. The molecule has 6 heteroatoms. The van der Waals surface area contributed by atoms with Crippen LogP contribution in [-0.2, 0) is 4.79 Å². The van der Waals surface area contributed by atoms with Gasteiger partial charge in [0.05, 0.1) is 0 Å². The Morgan fingerprint density at radius 1 is 1.56 bits per heavy atom. The zero-order valence-electron chi connectivity index (χ0n) is 9.90. The van der Waals surface area contributed by atoms with Crippen LogP contribution in [0.3, 0.4) is 0 Å². The van der Waals surface area contributed by atoms with E-state index in [-0.39, 0.29) is 11.7 Å². The second-order valence-electron chi connectivity index (χ2n) is 4.49. The summed E-state index contributed by atoms with van der Waals surface area (Å²) >= 11 is 5.98. The molecule has 1 aromatic carbocycles. The summed E-state index contributed by atoms with van der Waals surface area (Å²) < 4.78 is 0. The fraction of sp³-hybridized carbons (Fsp3) is 0.333. The van der Waals surface area contributed by atoms with Gasteiger partial charge in [0.25, 0.3) is 0 Å². The summed E-state index contributed by atoms with van der Waals surface area (Å²) in [5, 5.41) is 14.9. The highest BCUT2D eigenvalue weighted by Crippen LogP contribution is 2.46. The molecule has 1 aliphatic rings. The molecule has 0 aliphatic heterocycles. The molecule has 1 amide bonds. The molecule has 5 nitrogen and oxygen atoms in total. The van der Waals surface area contributed by atoms with E-state index in [1.54, 1.807) is 12.1 Å². The van der Waals surface area contributed by atoms with Crippen LogP contribution < -0.4 is 11.1 Å². The van der Waals surface area contributed by atoms with Crippen LogP contribution in [0.25, 0.3) is 0 Å². The Labute approximate surface area is 110 Å². The topological polar surface area (TPSA) is 87.7 Å². The van der Waals surface area contributed by atoms with E-state index in [2.05, 4.69) is 10.5 Å². The second kappa shape index (κ2) is 4.49. The highest BCUT2D eigenvalue weighted by atomic mass is 35.5. The van der Waals surface area contributed by atoms with E-state index in [9.17, 15) is 4.79 Å². The number of aryl methyl sites for hydroxylation is 1. The first-order chi connectivity index (χ1) is 8.49. The number of amides is 1. The van der Waals surface area contributed by atoms with Crippen LogP contribution in [0.5, 0.6) is 0 Å². The Kier molecular flexibility index (Phi) is 3.17. The number of hydrogen-bond acceptors (Lipinski definition) is 3. The Balaban J connectivity index is 2.15. The number of carbonyl (C=O) groups is 1. The molecule has 0 bridgehead atoms. The molecule has 0 heterocycles. The van der Waals surface area contributed by atoms with Crippen LogP contribution in [0.4, 0.5) is 5.69 Å².